The fourth-order valence-electron chi connectivity index (χ4n) is 3.91. The van der Waals surface area contributed by atoms with Crippen LogP contribution in [0.5, 0.6) is 0 Å². The van der Waals surface area contributed by atoms with Crippen LogP contribution in [0.1, 0.15) is 54.6 Å². The third-order valence-electron chi connectivity index (χ3n) is 5.26. The third kappa shape index (κ3) is 3.57. The van der Waals surface area contributed by atoms with Gasteiger partial charge in [-0.05, 0) is 47.4 Å². The molecule has 3 heteroatoms. The van der Waals surface area contributed by atoms with Crippen LogP contribution in [0.4, 0.5) is 0 Å². The number of benzene rings is 2. The van der Waals surface area contributed by atoms with Crippen LogP contribution in [0, 0.1) is 5.92 Å². The van der Waals surface area contributed by atoms with Gasteiger partial charge in [0.05, 0.1) is 0 Å². The maximum atomic E-state index is 4.71. The first-order chi connectivity index (χ1) is 12.7. The summed E-state index contributed by atoms with van der Waals surface area (Å²) in [6, 6.07) is 18.0. The van der Waals surface area contributed by atoms with E-state index in [2.05, 4.69) is 85.8 Å². The van der Waals surface area contributed by atoms with Crippen LogP contribution < -0.4 is 0 Å². The maximum absolute atomic E-state index is 4.71. The highest BCUT2D eigenvalue weighted by Gasteiger charge is 2.38. The zero-order chi connectivity index (χ0) is 18.5. The SMILES string of the molecule is C=C.CC(C)CCN1N=NC2c3ccccc3CCc3ccccc3C21. The summed E-state index contributed by atoms with van der Waals surface area (Å²) in [6.07, 6.45) is 3.32. The van der Waals surface area contributed by atoms with E-state index in [9.17, 15) is 0 Å². The summed E-state index contributed by atoms with van der Waals surface area (Å²) in [6.45, 7) is 11.5. The third-order valence-corrected chi connectivity index (χ3v) is 5.26. The van der Waals surface area contributed by atoms with Crippen LogP contribution in [-0.2, 0) is 12.8 Å². The van der Waals surface area contributed by atoms with Crippen molar-refractivity contribution >= 4 is 0 Å². The molecule has 1 heterocycles. The van der Waals surface area contributed by atoms with Crippen molar-refractivity contribution in [2.75, 3.05) is 6.54 Å². The van der Waals surface area contributed by atoms with Gasteiger partial charge in [-0.25, -0.2) is 0 Å². The molecule has 0 saturated heterocycles. The number of fused-ring (bicyclic) bond motifs is 5. The molecule has 0 fully saturated rings. The highest BCUT2D eigenvalue weighted by Crippen LogP contribution is 2.45. The second kappa shape index (κ2) is 8.31. The van der Waals surface area contributed by atoms with Gasteiger partial charge in [-0.2, -0.15) is 5.11 Å². The Bertz CT molecular complexity index is 766. The van der Waals surface area contributed by atoms with E-state index in [0.29, 0.717) is 5.92 Å². The Labute approximate surface area is 157 Å². The Hall–Kier alpha value is -2.42. The van der Waals surface area contributed by atoms with Gasteiger partial charge in [-0.1, -0.05) is 67.6 Å². The first-order valence-electron chi connectivity index (χ1n) is 9.57. The molecule has 2 aliphatic rings. The summed E-state index contributed by atoms with van der Waals surface area (Å²) < 4.78 is 0. The van der Waals surface area contributed by atoms with Crippen LogP contribution in [0.25, 0.3) is 0 Å². The predicted octanol–water partition coefficient (Wildman–Crippen LogP) is 6.10. The molecule has 2 aromatic carbocycles. The van der Waals surface area contributed by atoms with Crippen LogP contribution >= 0.6 is 0 Å². The zero-order valence-corrected chi connectivity index (χ0v) is 15.9. The van der Waals surface area contributed by atoms with Gasteiger partial charge in [0.1, 0.15) is 12.1 Å². The fourth-order valence-corrected chi connectivity index (χ4v) is 3.91. The molecule has 1 aliphatic carbocycles. The summed E-state index contributed by atoms with van der Waals surface area (Å²) in [4.78, 5) is 0. The molecule has 3 nitrogen and oxygen atoms in total. The molecule has 0 spiro atoms. The molecule has 26 heavy (non-hydrogen) atoms. The molecule has 2 aromatic rings. The molecule has 136 valence electrons. The van der Waals surface area contributed by atoms with E-state index in [-0.39, 0.29) is 12.1 Å². The van der Waals surface area contributed by atoms with Crippen LogP contribution in [0.15, 0.2) is 72.0 Å². The predicted molar refractivity (Wildman–Crippen MR) is 108 cm³/mol. The van der Waals surface area contributed by atoms with E-state index in [4.69, 9.17) is 5.11 Å². The first-order valence-corrected chi connectivity index (χ1v) is 9.57. The zero-order valence-electron chi connectivity index (χ0n) is 15.9. The molecule has 0 saturated carbocycles. The number of nitrogens with zero attached hydrogens (tertiary/aromatic N) is 3. The van der Waals surface area contributed by atoms with Crippen molar-refractivity contribution in [2.45, 2.75) is 45.2 Å². The number of aryl methyl sites for hydroxylation is 2. The number of hydrogen-bond donors (Lipinski definition) is 0. The van der Waals surface area contributed by atoms with Crippen molar-refractivity contribution < 1.29 is 0 Å². The lowest BCUT2D eigenvalue weighted by Gasteiger charge is -2.31. The largest absolute Gasteiger partial charge is 0.269 e. The van der Waals surface area contributed by atoms with E-state index in [1.807, 2.05) is 0 Å². The highest BCUT2D eigenvalue weighted by atomic mass is 15.6. The van der Waals surface area contributed by atoms with Gasteiger partial charge >= 0.3 is 0 Å². The second-order valence-corrected chi connectivity index (χ2v) is 7.34. The molecular weight excluding hydrogens is 318 g/mol. The maximum Gasteiger partial charge on any atom is 0.124 e. The Morgan fingerprint density at radius 3 is 2.19 bits per heavy atom. The molecule has 2 unspecified atom stereocenters. The topological polar surface area (TPSA) is 28.0 Å². The molecule has 0 radical (unpaired) electrons. The van der Waals surface area contributed by atoms with Crippen LogP contribution in [0.2, 0.25) is 0 Å². The van der Waals surface area contributed by atoms with Crippen molar-refractivity contribution in [2.24, 2.45) is 16.3 Å². The minimum atomic E-state index is 0.120. The molecule has 0 bridgehead atoms. The summed E-state index contributed by atoms with van der Waals surface area (Å²) >= 11 is 0. The molecule has 0 N–H and O–H groups in total. The average Bonchev–Trinajstić information content (AvgIpc) is 3.08. The molecule has 1 aliphatic heterocycles. The second-order valence-electron chi connectivity index (χ2n) is 7.34. The van der Waals surface area contributed by atoms with Gasteiger partial charge in [-0.15, -0.1) is 13.2 Å². The van der Waals surface area contributed by atoms with Crippen molar-refractivity contribution in [1.29, 1.82) is 0 Å². The van der Waals surface area contributed by atoms with E-state index < -0.39 is 0 Å². The lowest BCUT2D eigenvalue weighted by Crippen LogP contribution is -2.27. The van der Waals surface area contributed by atoms with Gasteiger partial charge in [0.15, 0.2) is 0 Å². The Kier molecular flexibility index (Phi) is 5.87. The van der Waals surface area contributed by atoms with Gasteiger partial charge in [0.2, 0.25) is 0 Å². The van der Waals surface area contributed by atoms with Crippen LogP contribution in [-0.4, -0.2) is 11.6 Å². The Morgan fingerprint density at radius 1 is 0.962 bits per heavy atom. The molecule has 0 aromatic heterocycles. The van der Waals surface area contributed by atoms with E-state index >= 15 is 0 Å². The molecule has 4 rings (SSSR count). The Balaban J connectivity index is 0.000000948. The van der Waals surface area contributed by atoms with Crippen molar-refractivity contribution in [3.05, 3.63) is 83.9 Å². The summed E-state index contributed by atoms with van der Waals surface area (Å²) in [5, 5.41) is 11.5. The lowest BCUT2D eigenvalue weighted by atomic mass is 9.83. The summed E-state index contributed by atoms with van der Waals surface area (Å²) in [7, 11) is 0. The molecular formula is C23H29N3. The smallest absolute Gasteiger partial charge is 0.124 e. The minimum absolute atomic E-state index is 0.120. The van der Waals surface area contributed by atoms with Crippen LogP contribution in [0.3, 0.4) is 0 Å². The first kappa shape index (κ1) is 18.4. The van der Waals surface area contributed by atoms with Gasteiger partial charge in [-0.3, -0.25) is 5.01 Å². The number of rotatable bonds is 3. The minimum Gasteiger partial charge on any atom is -0.269 e. The molecule has 0 amide bonds. The van der Waals surface area contributed by atoms with E-state index in [0.717, 1.165) is 25.8 Å². The van der Waals surface area contributed by atoms with Gasteiger partial charge < -0.3 is 0 Å². The normalized spacial score (nSPS) is 20.3. The highest BCUT2D eigenvalue weighted by molar-refractivity contribution is 5.40. The van der Waals surface area contributed by atoms with Gasteiger partial charge in [0, 0.05) is 6.54 Å². The van der Waals surface area contributed by atoms with Crippen molar-refractivity contribution in [3.63, 3.8) is 0 Å². The van der Waals surface area contributed by atoms with Crippen molar-refractivity contribution in [1.82, 2.24) is 5.01 Å². The summed E-state index contributed by atoms with van der Waals surface area (Å²) in [5.41, 5.74) is 5.63. The quantitative estimate of drug-likeness (QED) is 0.617. The molecule has 2 atom stereocenters. The summed E-state index contributed by atoms with van der Waals surface area (Å²) in [5.74, 6) is 0.676. The Morgan fingerprint density at radius 2 is 1.54 bits per heavy atom. The van der Waals surface area contributed by atoms with Crippen molar-refractivity contribution in [3.8, 4) is 0 Å². The number of hydrogen-bond acceptors (Lipinski definition) is 3. The fraction of sp³-hybridized carbons (Fsp3) is 0.391. The average molecular weight is 348 g/mol. The monoisotopic (exact) mass is 347 g/mol. The van der Waals surface area contributed by atoms with E-state index in [1.165, 1.54) is 22.3 Å². The lowest BCUT2D eigenvalue weighted by molar-refractivity contribution is 0.207. The standard InChI is InChI=1S/C21H25N3.C2H4/c1-15(2)13-14-24-21-19-10-6-4-8-17(19)12-11-16-7-3-5-9-18(16)20(21)22-23-24;1-2/h3-10,15,20-21H,11-14H2,1-2H3;1-2H2. The van der Waals surface area contributed by atoms with Gasteiger partial charge in [0.25, 0.3) is 0 Å². The van der Waals surface area contributed by atoms with E-state index in [1.54, 1.807) is 0 Å².